The molecule has 0 saturated carbocycles. The third-order valence-corrected chi connectivity index (χ3v) is 3.50. The van der Waals surface area contributed by atoms with Crippen molar-refractivity contribution in [2.75, 3.05) is 5.43 Å². The van der Waals surface area contributed by atoms with E-state index in [1.807, 2.05) is 38.1 Å². The molecule has 3 N–H and O–H groups in total. The summed E-state index contributed by atoms with van der Waals surface area (Å²) in [6.07, 6.45) is 1.37. The molecule has 0 aliphatic heterocycles. The summed E-state index contributed by atoms with van der Waals surface area (Å²) in [5.41, 5.74) is 6.01. The zero-order valence-corrected chi connectivity index (χ0v) is 12.6. The maximum absolute atomic E-state index is 11.5. The topological polar surface area (TPSA) is 101 Å². The molecular weight excluding hydrogens is 280 g/mol. The molecule has 0 bridgehead atoms. The number of aryl methyl sites for hydroxylation is 2. The van der Waals surface area contributed by atoms with Gasteiger partial charge in [-0.2, -0.15) is 10.4 Å². The molecule has 1 aromatic carbocycles. The first-order chi connectivity index (χ1) is 10.4. The largest absolute Gasteiger partial charge is 0.494 e. The predicted molar refractivity (Wildman–Crippen MR) is 85.3 cm³/mol. The van der Waals surface area contributed by atoms with Gasteiger partial charge in [0, 0.05) is 0 Å². The number of nitriles is 1. The average Bonchev–Trinajstić information content (AvgIpc) is 2.46. The number of nitrogens with one attached hydrogen (secondary N) is 2. The van der Waals surface area contributed by atoms with Gasteiger partial charge in [-0.3, -0.25) is 15.2 Å². The second-order valence-electron chi connectivity index (χ2n) is 5.00. The lowest BCUT2D eigenvalue weighted by molar-refractivity contribution is 0.450. The molecule has 2 rings (SSSR count). The highest BCUT2D eigenvalue weighted by atomic mass is 16.3. The Balaban J connectivity index is 2.29. The molecule has 0 spiro atoms. The van der Waals surface area contributed by atoms with Gasteiger partial charge in [0.15, 0.2) is 0 Å². The van der Waals surface area contributed by atoms with Crippen LogP contribution in [0.3, 0.4) is 0 Å². The molecule has 0 amide bonds. The number of aromatic hydroxyl groups is 1. The Morgan fingerprint density at radius 3 is 2.68 bits per heavy atom. The summed E-state index contributed by atoms with van der Waals surface area (Å²) in [6.45, 7) is 5.61. The third-order valence-electron chi connectivity index (χ3n) is 3.50. The van der Waals surface area contributed by atoms with E-state index in [0.29, 0.717) is 11.1 Å². The minimum Gasteiger partial charge on any atom is -0.494 e. The predicted octanol–water partition coefficient (Wildman–Crippen LogP) is 2.32. The molecule has 0 radical (unpaired) electrons. The normalized spacial score (nSPS) is 10.6. The van der Waals surface area contributed by atoms with Crippen LogP contribution in [0.2, 0.25) is 0 Å². The molecule has 1 heterocycles. The number of pyridine rings is 1. The zero-order valence-electron chi connectivity index (χ0n) is 12.6. The summed E-state index contributed by atoms with van der Waals surface area (Å²) >= 11 is 0. The maximum atomic E-state index is 11.5. The molecule has 1 aromatic heterocycles. The van der Waals surface area contributed by atoms with Gasteiger partial charge in [-0.1, -0.05) is 6.07 Å². The van der Waals surface area contributed by atoms with Crippen molar-refractivity contribution >= 4 is 11.9 Å². The summed E-state index contributed by atoms with van der Waals surface area (Å²) in [4.78, 5) is 13.7. The van der Waals surface area contributed by atoms with Crippen molar-refractivity contribution in [2.45, 2.75) is 20.8 Å². The molecule has 0 unspecified atom stereocenters. The van der Waals surface area contributed by atoms with E-state index in [1.54, 1.807) is 6.92 Å². The number of H-pyrrole nitrogens is 1. The summed E-state index contributed by atoms with van der Waals surface area (Å²) in [7, 11) is 0. The van der Waals surface area contributed by atoms with Crippen LogP contribution >= 0.6 is 0 Å². The van der Waals surface area contributed by atoms with Gasteiger partial charge in [0.05, 0.1) is 17.5 Å². The molecule has 2 aromatic rings. The number of aromatic nitrogens is 1. The maximum Gasteiger partial charge on any atom is 0.268 e. The Morgan fingerprint density at radius 1 is 1.32 bits per heavy atom. The molecule has 0 saturated heterocycles. The first kappa shape index (κ1) is 15.3. The van der Waals surface area contributed by atoms with Crippen LogP contribution in [0.15, 0.2) is 28.1 Å². The smallest absolute Gasteiger partial charge is 0.268 e. The van der Waals surface area contributed by atoms with E-state index in [1.165, 1.54) is 11.8 Å². The van der Waals surface area contributed by atoms with Crippen LogP contribution in [0.4, 0.5) is 5.69 Å². The Morgan fingerprint density at radius 2 is 2.05 bits per heavy atom. The fourth-order valence-corrected chi connectivity index (χ4v) is 1.99. The molecule has 0 atom stereocenters. The summed E-state index contributed by atoms with van der Waals surface area (Å²) in [5, 5.41) is 22.8. The molecule has 0 aliphatic carbocycles. The number of nitrogens with zero attached hydrogens (tertiary/aromatic N) is 2. The number of hydrogen-bond acceptors (Lipinski definition) is 5. The number of hydrogen-bond donors (Lipinski definition) is 3. The van der Waals surface area contributed by atoms with Crippen molar-refractivity contribution in [3.8, 4) is 11.9 Å². The fourth-order valence-electron chi connectivity index (χ4n) is 1.99. The van der Waals surface area contributed by atoms with Crippen LogP contribution in [0.25, 0.3) is 0 Å². The number of hydrazone groups is 1. The Labute approximate surface area is 127 Å². The van der Waals surface area contributed by atoms with Crippen molar-refractivity contribution in [1.29, 1.82) is 5.26 Å². The fraction of sp³-hybridized carbons (Fsp3) is 0.188. The molecule has 112 valence electrons. The zero-order chi connectivity index (χ0) is 16.3. The van der Waals surface area contributed by atoms with E-state index >= 15 is 0 Å². The second-order valence-corrected chi connectivity index (χ2v) is 5.00. The Hall–Kier alpha value is -3.07. The van der Waals surface area contributed by atoms with E-state index in [2.05, 4.69) is 15.5 Å². The van der Waals surface area contributed by atoms with Crippen LogP contribution in [-0.4, -0.2) is 16.3 Å². The number of rotatable bonds is 3. The number of benzene rings is 1. The van der Waals surface area contributed by atoms with Gasteiger partial charge in [0.1, 0.15) is 11.6 Å². The van der Waals surface area contributed by atoms with E-state index in [-0.39, 0.29) is 11.4 Å². The summed E-state index contributed by atoms with van der Waals surface area (Å²) in [5.74, 6) is -0.313. The lowest BCUT2D eigenvalue weighted by Gasteiger charge is -2.06. The first-order valence-corrected chi connectivity index (χ1v) is 6.66. The third kappa shape index (κ3) is 2.99. The highest BCUT2D eigenvalue weighted by Gasteiger charge is 2.12. The van der Waals surface area contributed by atoms with Crippen LogP contribution in [0.1, 0.15) is 27.8 Å². The van der Waals surface area contributed by atoms with Crippen molar-refractivity contribution in [3.05, 3.63) is 56.4 Å². The van der Waals surface area contributed by atoms with Gasteiger partial charge in [-0.15, -0.1) is 0 Å². The molecule has 6 heteroatoms. The van der Waals surface area contributed by atoms with Crippen LogP contribution in [0, 0.1) is 32.1 Å². The van der Waals surface area contributed by atoms with E-state index in [0.717, 1.165) is 11.3 Å². The highest BCUT2D eigenvalue weighted by molar-refractivity contribution is 5.85. The minimum absolute atomic E-state index is 0.0366. The standard InChI is InChI=1S/C16H16N4O2/c1-9-4-5-12(6-10(9)2)20-18-8-14-11(3)13(7-17)15(21)19-16(14)22/h4-6,8,20H,1-3H3,(H2,19,21,22). The first-order valence-electron chi connectivity index (χ1n) is 6.66. The number of aromatic amines is 1. The van der Waals surface area contributed by atoms with E-state index < -0.39 is 5.56 Å². The van der Waals surface area contributed by atoms with Crippen LogP contribution in [0.5, 0.6) is 5.88 Å². The Bertz CT molecular complexity index is 844. The lowest BCUT2D eigenvalue weighted by atomic mass is 10.1. The van der Waals surface area contributed by atoms with Gasteiger partial charge in [-0.05, 0) is 49.6 Å². The molecule has 22 heavy (non-hydrogen) atoms. The van der Waals surface area contributed by atoms with Gasteiger partial charge < -0.3 is 5.11 Å². The second kappa shape index (κ2) is 6.14. The summed E-state index contributed by atoms with van der Waals surface area (Å²) < 4.78 is 0. The average molecular weight is 296 g/mol. The van der Waals surface area contributed by atoms with Gasteiger partial charge in [0.25, 0.3) is 5.56 Å². The SMILES string of the molecule is Cc1ccc(NN=Cc2c(O)[nH]c(=O)c(C#N)c2C)cc1C. The number of anilines is 1. The molecule has 6 nitrogen and oxygen atoms in total. The van der Waals surface area contributed by atoms with Gasteiger partial charge in [-0.25, -0.2) is 0 Å². The lowest BCUT2D eigenvalue weighted by Crippen LogP contribution is -2.14. The van der Waals surface area contributed by atoms with Crippen LogP contribution < -0.4 is 11.0 Å². The van der Waals surface area contributed by atoms with E-state index in [4.69, 9.17) is 5.26 Å². The van der Waals surface area contributed by atoms with Gasteiger partial charge >= 0.3 is 0 Å². The Kier molecular flexibility index (Phi) is 4.28. The van der Waals surface area contributed by atoms with Crippen LogP contribution in [-0.2, 0) is 0 Å². The highest BCUT2D eigenvalue weighted by Crippen LogP contribution is 2.17. The van der Waals surface area contributed by atoms with E-state index in [9.17, 15) is 9.90 Å². The molecular formula is C16H16N4O2. The van der Waals surface area contributed by atoms with Crippen molar-refractivity contribution in [3.63, 3.8) is 0 Å². The van der Waals surface area contributed by atoms with Crippen molar-refractivity contribution in [2.24, 2.45) is 5.10 Å². The van der Waals surface area contributed by atoms with Gasteiger partial charge in [0.2, 0.25) is 5.88 Å². The molecule has 0 fully saturated rings. The van der Waals surface area contributed by atoms with Crippen molar-refractivity contribution < 1.29 is 5.11 Å². The minimum atomic E-state index is -0.614. The summed E-state index contributed by atoms with van der Waals surface area (Å²) in [6, 6.07) is 7.63. The van der Waals surface area contributed by atoms with Crippen molar-refractivity contribution in [1.82, 2.24) is 4.98 Å². The monoisotopic (exact) mass is 296 g/mol. The quantitative estimate of drug-likeness (QED) is 0.597. The molecule has 0 aliphatic rings.